The molecule has 4 heteroatoms. The zero-order valence-corrected chi connectivity index (χ0v) is 24.2. The number of ether oxygens (including phenoxy) is 2. The minimum atomic E-state index is -2.64. The molecule has 0 N–H and O–H groups in total. The first-order chi connectivity index (χ1) is 20.7. The van der Waals surface area contributed by atoms with Gasteiger partial charge in [-0.05, 0) is 56.9 Å². The van der Waals surface area contributed by atoms with Gasteiger partial charge in [-0.2, -0.15) is 0 Å². The summed E-state index contributed by atoms with van der Waals surface area (Å²) in [7, 11) is 0. The number of hydrogen-bond donors (Lipinski definition) is 0. The van der Waals surface area contributed by atoms with Gasteiger partial charge in [0.05, 0.1) is 11.3 Å². The summed E-state index contributed by atoms with van der Waals surface area (Å²) in [6.45, 7) is 0. The molecule has 0 saturated heterocycles. The normalized spacial score (nSPS) is 13.9. The van der Waals surface area contributed by atoms with Crippen LogP contribution in [0.5, 0.6) is 23.0 Å². The standard InChI is InChI=1S/C38H23O2PS/c42-41-32-22-26-16-7-9-18-28(26)34(24-12-3-1-4-13-24)36(32)39-30-20-11-21-31(38(30)41)40-37-33(41)23-27-17-8-10-19-29(27)35(37)25-14-5-2-6-15-25/h1-23H. The van der Waals surface area contributed by atoms with E-state index in [4.69, 9.17) is 21.3 Å². The highest BCUT2D eigenvalue weighted by Gasteiger charge is 2.45. The first-order valence-corrected chi connectivity index (χ1v) is 16.8. The molecule has 2 aliphatic heterocycles. The lowest BCUT2D eigenvalue weighted by molar-refractivity contribution is 0.469. The van der Waals surface area contributed by atoms with Crippen LogP contribution in [0.25, 0.3) is 43.8 Å². The van der Waals surface area contributed by atoms with E-state index in [-0.39, 0.29) is 0 Å². The largest absolute Gasteiger partial charge is 0.455 e. The third-order valence-electron chi connectivity index (χ3n) is 8.47. The highest BCUT2D eigenvalue weighted by molar-refractivity contribution is 8.26. The summed E-state index contributed by atoms with van der Waals surface area (Å²) in [6, 6.07) is 46.2. The Labute approximate surface area is 248 Å². The van der Waals surface area contributed by atoms with Crippen molar-refractivity contribution >= 4 is 55.3 Å². The summed E-state index contributed by atoms with van der Waals surface area (Å²) in [5.41, 5.74) is 4.40. The van der Waals surface area contributed by atoms with Crippen LogP contribution >= 0.6 is 6.04 Å². The predicted molar refractivity (Wildman–Crippen MR) is 179 cm³/mol. The van der Waals surface area contributed by atoms with Gasteiger partial charge in [0.2, 0.25) is 0 Å². The zero-order valence-electron chi connectivity index (χ0n) is 22.5. The molecule has 2 heterocycles. The highest BCUT2D eigenvalue weighted by atomic mass is 32.4. The second kappa shape index (κ2) is 8.90. The fourth-order valence-electron chi connectivity index (χ4n) is 6.65. The van der Waals surface area contributed by atoms with Gasteiger partial charge in [0.25, 0.3) is 0 Å². The molecule has 0 atom stereocenters. The van der Waals surface area contributed by atoms with Crippen LogP contribution in [0.4, 0.5) is 0 Å². The second-order valence-electron chi connectivity index (χ2n) is 10.8. The number of fused-ring (bicyclic) bond motifs is 6. The Morgan fingerprint density at radius 3 is 1.36 bits per heavy atom. The Kier molecular flexibility index (Phi) is 5.08. The maximum absolute atomic E-state index is 7.05. The van der Waals surface area contributed by atoms with Crippen molar-refractivity contribution < 1.29 is 9.47 Å². The van der Waals surface area contributed by atoms with Gasteiger partial charge in [-0.3, -0.25) is 0 Å². The first kappa shape index (κ1) is 24.0. The Balaban J connectivity index is 1.47. The van der Waals surface area contributed by atoms with Crippen molar-refractivity contribution in [3.63, 3.8) is 0 Å². The molecule has 0 amide bonds. The third kappa shape index (κ3) is 3.24. The molecule has 2 aliphatic rings. The van der Waals surface area contributed by atoms with Crippen molar-refractivity contribution in [2.75, 3.05) is 0 Å². The SMILES string of the molecule is S=P12c3cc4ccccc4c(-c4ccccc4)c3Oc3cccc(c31)Oc1c2cc2ccccc2c1-c1ccccc1. The minimum absolute atomic E-state index is 0.788. The van der Waals surface area contributed by atoms with Crippen molar-refractivity contribution in [2.24, 2.45) is 0 Å². The van der Waals surface area contributed by atoms with E-state index in [1.54, 1.807) is 0 Å². The maximum Gasteiger partial charge on any atom is 0.144 e. The smallest absolute Gasteiger partial charge is 0.144 e. The average Bonchev–Trinajstić information content (AvgIpc) is 3.04. The Bertz CT molecular complexity index is 2120. The summed E-state index contributed by atoms with van der Waals surface area (Å²) in [5.74, 6) is 3.29. The van der Waals surface area contributed by atoms with Gasteiger partial charge >= 0.3 is 0 Å². The molecule has 0 saturated carbocycles. The van der Waals surface area contributed by atoms with Crippen molar-refractivity contribution in [3.05, 3.63) is 140 Å². The van der Waals surface area contributed by atoms with E-state index in [1.165, 1.54) is 0 Å². The summed E-state index contributed by atoms with van der Waals surface area (Å²) in [6.07, 6.45) is 0. The fourth-order valence-corrected chi connectivity index (χ4v) is 11.1. The van der Waals surface area contributed by atoms with Crippen LogP contribution in [0.1, 0.15) is 0 Å². The maximum atomic E-state index is 7.05. The minimum Gasteiger partial charge on any atom is -0.455 e. The van der Waals surface area contributed by atoms with E-state index in [9.17, 15) is 0 Å². The number of rotatable bonds is 2. The Hall–Kier alpha value is -4.69. The second-order valence-corrected chi connectivity index (χ2v) is 15.1. The number of hydrogen-bond acceptors (Lipinski definition) is 3. The lowest BCUT2D eigenvalue weighted by Crippen LogP contribution is -2.35. The van der Waals surface area contributed by atoms with Gasteiger partial charge in [0.1, 0.15) is 23.0 Å². The summed E-state index contributed by atoms with van der Waals surface area (Å²) < 4.78 is 13.8. The highest BCUT2D eigenvalue weighted by Crippen LogP contribution is 2.62. The summed E-state index contributed by atoms with van der Waals surface area (Å²) >= 11 is 7.05. The molecule has 0 unspecified atom stereocenters. The van der Waals surface area contributed by atoms with Crippen molar-refractivity contribution in [1.29, 1.82) is 0 Å². The molecule has 0 radical (unpaired) electrons. The van der Waals surface area contributed by atoms with Crippen molar-refractivity contribution in [1.82, 2.24) is 0 Å². The molecule has 0 bridgehead atoms. The van der Waals surface area contributed by atoms with Crippen LogP contribution in [0, 0.1) is 0 Å². The molecule has 0 aromatic heterocycles. The van der Waals surface area contributed by atoms with E-state index in [0.29, 0.717) is 0 Å². The molecule has 7 aromatic rings. The van der Waals surface area contributed by atoms with Gasteiger partial charge in [0.15, 0.2) is 0 Å². The van der Waals surface area contributed by atoms with Gasteiger partial charge in [-0.1, -0.05) is 127 Å². The quantitative estimate of drug-likeness (QED) is 0.192. The molecule has 2 nitrogen and oxygen atoms in total. The number of benzene rings is 7. The van der Waals surface area contributed by atoms with Crippen LogP contribution < -0.4 is 25.4 Å². The van der Waals surface area contributed by atoms with Gasteiger partial charge < -0.3 is 9.47 Å². The molecular formula is C38H23O2PS. The lowest BCUT2D eigenvalue weighted by Gasteiger charge is -2.39. The molecular weight excluding hydrogens is 551 g/mol. The summed E-state index contributed by atoms with van der Waals surface area (Å²) in [5, 5.41) is 7.77. The van der Waals surface area contributed by atoms with Crippen molar-refractivity contribution in [2.45, 2.75) is 0 Å². The molecule has 0 aliphatic carbocycles. The van der Waals surface area contributed by atoms with Crippen LogP contribution in [-0.2, 0) is 11.8 Å². The molecule has 0 spiro atoms. The van der Waals surface area contributed by atoms with Crippen LogP contribution in [0.15, 0.2) is 140 Å². The van der Waals surface area contributed by atoms with E-state index < -0.39 is 6.04 Å². The lowest BCUT2D eigenvalue weighted by atomic mass is 9.96. The van der Waals surface area contributed by atoms with E-state index in [0.717, 1.165) is 82.7 Å². The van der Waals surface area contributed by atoms with Gasteiger partial charge in [-0.25, -0.2) is 0 Å². The summed E-state index contributed by atoms with van der Waals surface area (Å²) in [4.78, 5) is 0. The third-order valence-corrected chi connectivity index (χ3v) is 13.3. The van der Waals surface area contributed by atoms with Crippen LogP contribution in [0.2, 0.25) is 0 Å². The zero-order chi connectivity index (χ0) is 27.8. The Morgan fingerprint density at radius 2 is 0.881 bits per heavy atom. The van der Waals surface area contributed by atoms with E-state index >= 15 is 0 Å². The van der Waals surface area contributed by atoms with Gasteiger partial charge in [0, 0.05) is 21.7 Å². The molecule has 0 fully saturated rings. The first-order valence-electron chi connectivity index (χ1n) is 14.0. The van der Waals surface area contributed by atoms with Gasteiger partial charge in [-0.15, -0.1) is 0 Å². The van der Waals surface area contributed by atoms with Crippen LogP contribution in [-0.4, -0.2) is 0 Å². The predicted octanol–water partition coefficient (Wildman–Crippen LogP) is 9.29. The monoisotopic (exact) mass is 574 g/mol. The fraction of sp³-hybridized carbons (Fsp3) is 0. The molecule has 7 aromatic carbocycles. The van der Waals surface area contributed by atoms with Crippen molar-refractivity contribution in [3.8, 4) is 45.3 Å². The van der Waals surface area contributed by atoms with E-state index in [1.807, 2.05) is 18.2 Å². The molecule has 42 heavy (non-hydrogen) atoms. The average molecular weight is 575 g/mol. The topological polar surface area (TPSA) is 18.5 Å². The van der Waals surface area contributed by atoms with E-state index in [2.05, 4.69) is 121 Å². The van der Waals surface area contributed by atoms with Crippen LogP contribution in [0.3, 0.4) is 0 Å². The Morgan fingerprint density at radius 1 is 0.452 bits per heavy atom. The molecule has 198 valence electrons. The molecule has 9 rings (SSSR count).